The van der Waals surface area contributed by atoms with Gasteiger partial charge in [-0.05, 0) is 37.1 Å². The molecule has 0 radical (unpaired) electrons. The van der Waals surface area contributed by atoms with Gasteiger partial charge in [0.1, 0.15) is 10.7 Å². The summed E-state index contributed by atoms with van der Waals surface area (Å²) < 4.78 is 29.3. The van der Waals surface area contributed by atoms with Gasteiger partial charge in [0.2, 0.25) is 0 Å². The highest BCUT2D eigenvalue weighted by molar-refractivity contribution is 9.10. The Morgan fingerprint density at radius 3 is 2.33 bits per heavy atom. The van der Waals surface area contributed by atoms with Crippen LogP contribution in [0.4, 0.5) is 5.00 Å². The van der Waals surface area contributed by atoms with Gasteiger partial charge in [-0.15, -0.1) is 11.3 Å². The molecule has 0 bridgehead atoms. The molecule has 0 amide bonds. The molecule has 0 fully saturated rings. The van der Waals surface area contributed by atoms with E-state index in [1.54, 1.807) is 31.5 Å². The van der Waals surface area contributed by atoms with Crippen molar-refractivity contribution in [1.82, 2.24) is 4.98 Å². The summed E-state index contributed by atoms with van der Waals surface area (Å²) in [6, 6.07) is 13.1. The van der Waals surface area contributed by atoms with Crippen LogP contribution in [0.25, 0.3) is 11.3 Å². The molecule has 1 N–H and O–H groups in total. The van der Waals surface area contributed by atoms with Crippen molar-refractivity contribution in [3.05, 3.63) is 63.6 Å². The molecule has 0 aliphatic carbocycles. The fraction of sp³-hybridized carbons (Fsp3) is 0.118. The van der Waals surface area contributed by atoms with Crippen molar-refractivity contribution in [2.24, 2.45) is 0 Å². The maximum Gasteiger partial charge on any atom is 0.263 e. The van der Waals surface area contributed by atoms with E-state index in [-0.39, 0.29) is 0 Å². The highest BCUT2D eigenvalue weighted by Gasteiger charge is 2.22. The standard InChI is InChI=1S/C17H15BrN2O2S2/c1-11-8-14(18)9-12(2)16(11)24(21,22)20-17-15(19-10-23-17)13-6-4-3-5-7-13/h3-10,20H,1-2H3. The summed E-state index contributed by atoms with van der Waals surface area (Å²) in [6.45, 7) is 3.58. The third kappa shape index (κ3) is 3.38. The van der Waals surface area contributed by atoms with Gasteiger partial charge in [-0.1, -0.05) is 46.3 Å². The van der Waals surface area contributed by atoms with Crippen molar-refractivity contribution in [2.45, 2.75) is 18.7 Å². The fourth-order valence-corrected chi connectivity index (χ4v) is 5.78. The van der Waals surface area contributed by atoms with Gasteiger partial charge < -0.3 is 0 Å². The number of aryl methyl sites for hydroxylation is 2. The van der Waals surface area contributed by atoms with Crippen LogP contribution in [-0.4, -0.2) is 13.4 Å². The van der Waals surface area contributed by atoms with Crippen LogP contribution in [0.1, 0.15) is 11.1 Å². The van der Waals surface area contributed by atoms with Crippen LogP contribution >= 0.6 is 27.3 Å². The molecule has 3 aromatic rings. The molecule has 2 aromatic carbocycles. The molecular formula is C17H15BrN2O2S2. The molecule has 1 aromatic heterocycles. The average Bonchev–Trinajstić information content (AvgIpc) is 2.94. The monoisotopic (exact) mass is 422 g/mol. The van der Waals surface area contributed by atoms with Crippen molar-refractivity contribution in [3.8, 4) is 11.3 Å². The topological polar surface area (TPSA) is 59.1 Å². The molecule has 1 heterocycles. The summed E-state index contributed by atoms with van der Waals surface area (Å²) in [6.07, 6.45) is 0. The third-order valence-electron chi connectivity index (χ3n) is 3.54. The van der Waals surface area contributed by atoms with Crippen LogP contribution < -0.4 is 4.72 Å². The first-order chi connectivity index (χ1) is 11.4. The number of benzene rings is 2. The number of sulfonamides is 1. The minimum atomic E-state index is -3.69. The van der Waals surface area contributed by atoms with E-state index in [1.165, 1.54) is 11.3 Å². The van der Waals surface area contributed by atoms with E-state index >= 15 is 0 Å². The van der Waals surface area contributed by atoms with Crippen molar-refractivity contribution in [3.63, 3.8) is 0 Å². The number of hydrogen-bond donors (Lipinski definition) is 1. The van der Waals surface area contributed by atoms with Crippen LogP contribution in [0, 0.1) is 13.8 Å². The van der Waals surface area contributed by atoms with E-state index in [1.807, 2.05) is 30.3 Å². The summed E-state index contributed by atoms with van der Waals surface area (Å²) in [5.41, 5.74) is 4.54. The third-order valence-corrected chi connectivity index (χ3v) is 6.52. The number of hydrogen-bond acceptors (Lipinski definition) is 4. The van der Waals surface area contributed by atoms with E-state index in [2.05, 4.69) is 25.6 Å². The minimum Gasteiger partial charge on any atom is -0.268 e. The zero-order chi connectivity index (χ0) is 17.3. The first kappa shape index (κ1) is 17.1. The molecule has 0 unspecified atom stereocenters. The Balaban J connectivity index is 2.02. The Bertz CT molecular complexity index is 960. The SMILES string of the molecule is Cc1cc(Br)cc(C)c1S(=O)(=O)Nc1scnc1-c1ccccc1. The number of halogens is 1. The van der Waals surface area contributed by atoms with Crippen molar-refractivity contribution in [2.75, 3.05) is 4.72 Å². The van der Waals surface area contributed by atoms with Crippen molar-refractivity contribution >= 4 is 42.3 Å². The zero-order valence-electron chi connectivity index (χ0n) is 13.1. The normalized spacial score (nSPS) is 11.5. The Kier molecular flexibility index (Phi) is 4.76. The molecule has 0 aliphatic heterocycles. The number of anilines is 1. The first-order valence-corrected chi connectivity index (χ1v) is 10.3. The number of thiazole rings is 1. The fourth-order valence-electron chi connectivity index (χ4n) is 2.61. The van der Waals surface area contributed by atoms with Crippen LogP contribution in [0.2, 0.25) is 0 Å². The number of nitrogens with zero attached hydrogens (tertiary/aromatic N) is 1. The van der Waals surface area contributed by atoms with Gasteiger partial charge in [0, 0.05) is 10.0 Å². The Labute approximate surface area is 153 Å². The maximum atomic E-state index is 12.9. The highest BCUT2D eigenvalue weighted by Crippen LogP contribution is 2.33. The quantitative estimate of drug-likeness (QED) is 0.643. The molecule has 0 aliphatic rings. The Morgan fingerprint density at radius 2 is 1.71 bits per heavy atom. The molecule has 24 heavy (non-hydrogen) atoms. The van der Waals surface area contributed by atoms with Crippen LogP contribution in [0.15, 0.2) is 57.3 Å². The number of rotatable bonds is 4. The maximum absolute atomic E-state index is 12.9. The van der Waals surface area contributed by atoms with Crippen LogP contribution in [0.3, 0.4) is 0 Å². The average molecular weight is 423 g/mol. The van der Waals surface area contributed by atoms with Crippen LogP contribution in [-0.2, 0) is 10.0 Å². The molecule has 124 valence electrons. The molecule has 3 rings (SSSR count). The molecule has 7 heteroatoms. The summed E-state index contributed by atoms with van der Waals surface area (Å²) >= 11 is 4.66. The summed E-state index contributed by atoms with van der Waals surface area (Å²) in [5, 5.41) is 0.517. The molecular weight excluding hydrogens is 408 g/mol. The predicted molar refractivity (Wildman–Crippen MR) is 102 cm³/mol. The van der Waals surface area contributed by atoms with Gasteiger partial charge in [0.25, 0.3) is 10.0 Å². The van der Waals surface area contributed by atoms with Crippen molar-refractivity contribution < 1.29 is 8.42 Å². The molecule has 0 saturated heterocycles. The summed E-state index contributed by atoms with van der Waals surface area (Å²) in [5.74, 6) is 0. The van der Waals surface area contributed by atoms with E-state index in [4.69, 9.17) is 0 Å². The smallest absolute Gasteiger partial charge is 0.263 e. The number of aromatic nitrogens is 1. The lowest BCUT2D eigenvalue weighted by Crippen LogP contribution is -2.15. The summed E-state index contributed by atoms with van der Waals surface area (Å²) in [4.78, 5) is 4.61. The van der Waals surface area contributed by atoms with Crippen LogP contribution in [0.5, 0.6) is 0 Å². The molecule has 4 nitrogen and oxygen atoms in total. The van der Waals surface area contributed by atoms with Gasteiger partial charge >= 0.3 is 0 Å². The lowest BCUT2D eigenvalue weighted by molar-refractivity contribution is 0.600. The second-order valence-electron chi connectivity index (χ2n) is 5.37. The zero-order valence-corrected chi connectivity index (χ0v) is 16.3. The van der Waals surface area contributed by atoms with E-state index in [0.717, 1.165) is 10.0 Å². The lowest BCUT2D eigenvalue weighted by atomic mass is 10.2. The van der Waals surface area contributed by atoms with Crippen molar-refractivity contribution in [1.29, 1.82) is 0 Å². The van der Waals surface area contributed by atoms with Gasteiger partial charge in [-0.3, -0.25) is 4.72 Å². The van der Waals surface area contributed by atoms with Gasteiger partial charge in [-0.25, -0.2) is 13.4 Å². The van der Waals surface area contributed by atoms with E-state index < -0.39 is 10.0 Å². The summed E-state index contributed by atoms with van der Waals surface area (Å²) in [7, 11) is -3.69. The predicted octanol–water partition coefficient (Wildman–Crippen LogP) is 4.99. The van der Waals surface area contributed by atoms with Gasteiger partial charge in [-0.2, -0.15) is 0 Å². The minimum absolute atomic E-state index is 0.304. The number of nitrogens with one attached hydrogen (secondary N) is 1. The molecule has 0 saturated carbocycles. The van der Waals surface area contributed by atoms with E-state index in [0.29, 0.717) is 26.7 Å². The molecule has 0 atom stereocenters. The second-order valence-corrected chi connectivity index (χ2v) is 8.76. The Hall–Kier alpha value is -1.70. The van der Waals surface area contributed by atoms with E-state index in [9.17, 15) is 8.42 Å². The molecule has 0 spiro atoms. The largest absolute Gasteiger partial charge is 0.268 e. The van der Waals surface area contributed by atoms with Gasteiger partial charge in [0.15, 0.2) is 0 Å². The highest BCUT2D eigenvalue weighted by atomic mass is 79.9. The van der Waals surface area contributed by atoms with Gasteiger partial charge in [0.05, 0.1) is 10.4 Å². The lowest BCUT2D eigenvalue weighted by Gasteiger charge is -2.13. The first-order valence-electron chi connectivity index (χ1n) is 7.17. The Morgan fingerprint density at radius 1 is 1.08 bits per heavy atom. The second kappa shape index (κ2) is 6.66.